The molecule has 2 aromatic carbocycles. The Hall–Kier alpha value is -2.49. The molecule has 0 saturated carbocycles. The second kappa shape index (κ2) is 13.2. The molecule has 3 aromatic rings. The fourth-order valence-electron chi connectivity index (χ4n) is 5.36. The number of benzene rings is 2. The Bertz CT molecular complexity index is 1280. The van der Waals surface area contributed by atoms with Gasteiger partial charge in [-0.05, 0) is 93.2 Å². The number of thioether (sulfide) groups is 1. The van der Waals surface area contributed by atoms with Crippen LogP contribution in [0.4, 0.5) is 13.2 Å². The van der Waals surface area contributed by atoms with Crippen molar-refractivity contribution in [1.82, 2.24) is 9.88 Å². The minimum Gasteiger partial charge on any atom is -0.497 e. The van der Waals surface area contributed by atoms with E-state index in [-0.39, 0.29) is 22.8 Å². The number of alkyl halides is 1. The lowest BCUT2D eigenvalue weighted by molar-refractivity contribution is -0.141. The van der Waals surface area contributed by atoms with Crippen molar-refractivity contribution in [1.29, 1.82) is 0 Å². The van der Waals surface area contributed by atoms with E-state index >= 15 is 4.39 Å². The van der Waals surface area contributed by atoms with Gasteiger partial charge in [0.05, 0.1) is 29.0 Å². The third-order valence-electron chi connectivity index (χ3n) is 7.54. The summed E-state index contributed by atoms with van der Waals surface area (Å²) in [5.74, 6) is -0.846. The van der Waals surface area contributed by atoms with E-state index in [0.717, 1.165) is 24.7 Å². The first-order valence-corrected chi connectivity index (χ1v) is 14.3. The number of fused-ring (bicyclic) bond motifs is 1. The van der Waals surface area contributed by atoms with E-state index in [1.165, 1.54) is 31.5 Å². The van der Waals surface area contributed by atoms with E-state index in [9.17, 15) is 18.7 Å². The van der Waals surface area contributed by atoms with Crippen molar-refractivity contribution in [3.05, 3.63) is 64.8 Å². The summed E-state index contributed by atoms with van der Waals surface area (Å²) in [7, 11) is 1.54. The first-order chi connectivity index (χ1) is 18.7. The lowest BCUT2D eigenvalue weighted by atomic mass is 9.71. The summed E-state index contributed by atoms with van der Waals surface area (Å²) in [6, 6.07) is 9.09. The Morgan fingerprint density at radius 2 is 1.95 bits per heavy atom. The highest BCUT2D eigenvalue weighted by atomic mass is 35.5. The first-order valence-electron chi connectivity index (χ1n) is 13.0. The van der Waals surface area contributed by atoms with Crippen LogP contribution in [0.3, 0.4) is 0 Å². The van der Waals surface area contributed by atoms with Crippen LogP contribution in [0.15, 0.2) is 47.5 Å². The molecule has 1 aliphatic rings. The van der Waals surface area contributed by atoms with Crippen molar-refractivity contribution >= 4 is 40.2 Å². The van der Waals surface area contributed by atoms with E-state index in [4.69, 9.17) is 16.3 Å². The van der Waals surface area contributed by atoms with Gasteiger partial charge < -0.3 is 14.7 Å². The zero-order valence-electron chi connectivity index (χ0n) is 21.8. The van der Waals surface area contributed by atoms with Gasteiger partial charge in [-0.25, -0.2) is 13.2 Å². The molecule has 4 rings (SSSR count). The van der Waals surface area contributed by atoms with Gasteiger partial charge in [-0.2, -0.15) is 0 Å². The molecule has 1 fully saturated rings. The lowest BCUT2D eigenvalue weighted by Gasteiger charge is -2.41. The van der Waals surface area contributed by atoms with Gasteiger partial charge in [-0.15, -0.1) is 11.8 Å². The number of rotatable bonds is 12. The smallest absolute Gasteiger partial charge is 0.303 e. The van der Waals surface area contributed by atoms with Gasteiger partial charge in [-0.1, -0.05) is 17.7 Å². The van der Waals surface area contributed by atoms with Crippen LogP contribution >= 0.6 is 23.4 Å². The van der Waals surface area contributed by atoms with Crippen LogP contribution in [0.2, 0.25) is 5.02 Å². The fraction of sp³-hybridized carbons (Fsp3) is 0.448. The average Bonchev–Trinajstić information content (AvgIpc) is 2.91. The van der Waals surface area contributed by atoms with Gasteiger partial charge >= 0.3 is 5.97 Å². The van der Waals surface area contributed by atoms with Gasteiger partial charge in [0, 0.05) is 17.1 Å². The number of likely N-dealkylation sites (tertiary alicyclic amines) is 1. The van der Waals surface area contributed by atoms with Gasteiger partial charge in [0.1, 0.15) is 23.6 Å². The average molecular weight is 581 g/mol. The van der Waals surface area contributed by atoms with Crippen molar-refractivity contribution < 1.29 is 27.8 Å². The Labute approximate surface area is 235 Å². The number of piperidine rings is 1. The zero-order valence-corrected chi connectivity index (χ0v) is 23.3. The molecule has 0 aliphatic carbocycles. The molecule has 0 amide bonds. The number of aromatic nitrogens is 1. The second-order valence-corrected chi connectivity index (χ2v) is 11.6. The largest absolute Gasteiger partial charge is 0.497 e. The van der Waals surface area contributed by atoms with Crippen LogP contribution < -0.4 is 4.74 Å². The van der Waals surface area contributed by atoms with Crippen molar-refractivity contribution in [3.8, 4) is 5.75 Å². The molecule has 1 atom stereocenters. The summed E-state index contributed by atoms with van der Waals surface area (Å²) in [6.45, 7) is 2.14. The Kier molecular flexibility index (Phi) is 10.0. The van der Waals surface area contributed by atoms with Crippen LogP contribution in [0.5, 0.6) is 5.75 Å². The number of carbonyl (C=O) groups is 1. The molecule has 0 unspecified atom stereocenters. The first kappa shape index (κ1) is 29.5. The number of carboxylic acid groups (broad SMARTS) is 1. The maximum Gasteiger partial charge on any atom is 0.303 e. The summed E-state index contributed by atoms with van der Waals surface area (Å²) in [5, 5.41) is 10.5. The highest BCUT2D eigenvalue weighted by Crippen LogP contribution is 2.44. The maximum absolute atomic E-state index is 15.7. The van der Waals surface area contributed by atoms with E-state index in [1.54, 1.807) is 18.2 Å². The second-order valence-electron chi connectivity index (χ2n) is 10.1. The number of nitrogens with zero attached hydrogens (tertiary/aromatic N) is 2. The SMILES string of the molecule is COc1ccc2ncc(Cl)c([C@@H](F)CCC3(CC(=O)O)CCN(CCCSc4c(F)cccc4F)CC3)c2c1. The van der Waals surface area contributed by atoms with Gasteiger partial charge in [0.15, 0.2) is 0 Å². The van der Waals surface area contributed by atoms with Crippen LogP contribution in [0, 0.1) is 17.0 Å². The molecule has 1 aliphatic heterocycles. The maximum atomic E-state index is 15.7. The number of pyridine rings is 1. The van der Waals surface area contributed by atoms with E-state index < -0.39 is 29.2 Å². The van der Waals surface area contributed by atoms with E-state index in [2.05, 4.69) is 9.88 Å². The van der Waals surface area contributed by atoms with Crippen LogP contribution in [0.1, 0.15) is 50.3 Å². The van der Waals surface area contributed by atoms with Gasteiger partial charge in [0.25, 0.3) is 0 Å². The van der Waals surface area contributed by atoms with Gasteiger partial charge in [-0.3, -0.25) is 9.78 Å². The fourth-order valence-corrected chi connectivity index (χ4v) is 6.52. The van der Waals surface area contributed by atoms with Crippen molar-refractivity contribution in [2.45, 2.75) is 49.6 Å². The number of hydrogen-bond acceptors (Lipinski definition) is 5. The van der Waals surface area contributed by atoms with Crippen molar-refractivity contribution in [3.63, 3.8) is 0 Å². The zero-order chi connectivity index (χ0) is 28.0. The standard InChI is InChI=1S/C29H32ClF3N2O3S/c1-38-19-6-7-25-20(16-19)27(21(30)18-34-25)22(31)8-9-29(17-26(36)37)10-13-35(14-11-29)12-3-15-39-28-23(32)4-2-5-24(28)33/h2,4-7,16,18,22H,3,8-15,17H2,1H3,(H,36,37)/t22-/m0/s1. The Balaban J connectivity index is 1.35. The molecular formula is C29H32ClF3N2O3S. The number of halogens is 4. The van der Waals surface area contributed by atoms with Crippen LogP contribution in [-0.2, 0) is 4.79 Å². The molecule has 1 N–H and O–H groups in total. The normalized spacial score (nSPS) is 16.3. The number of hydrogen-bond donors (Lipinski definition) is 1. The number of carboxylic acids is 1. The number of methoxy groups -OCH3 is 1. The third-order valence-corrected chi connectivity index (χ3v) is 9.01. The molecule has 10 heteroatoms. The van der Waals surface area contributed by atoms with Crippen LogP contribution in [0.25, 0.3) is 10.9 Å². The highest BCUT2D eigenvalue weighted by molar-refractivity contribution is 7.99. The molecule has 0 spiro atoms. The number of ether oxygens (including phenoxy) is 1. The summed E-state index contributed by atoms with van der Waals surface area (Å²) in [6.07, 6.45) is 2.63. The third kappa shape index (κ3) is 7.38. The summed E-state index contributed by atoms with van der Waals surface area (Å²) in [4.78, 5) is 18.3. The summed E-state index contributed by atoms with van der Waals surface area (Å²) >= 11 is 7.55. The Morgan fingerprint density at radius 3 is 2.62 bits per heavy atom. The minimum absolute atomic E-state index is 0.0192. The predicted molar refractivity (Wildman–Crippen MR) is 148 cm³/mol. The molecule has 1 aromatic heterocycles. The molecule has 210 valence electrons. The molecule has 0 bridgehead atoms. The topological polar surface area (TPSA) is 62.7 Å². The highest BCUT2D eigenvalue weighted by Gasteiger charge is 2.37. The predicted octanol–water partition coefficient (Wildman–Crippen LogP) is 7.71. The number of aliphatic carboxylic acids is 1. The summed E-state index contributed by atoms with van der Waals surface area (Å²) < 4.78 is 48.7. The van der Waals surface area contributed by atoms with Gasteiger partial charge in [0.2, 0.25) is 0 Å². The minimum atomic E-state index is -1.38. The molecule has 1 saturated heterocycles. The van der Waals surface area contributed by atoms with E-state index in [1.807, 2.05) is 0 Å². The molecule has 39 heavy (non-hydrogen) atoms. The molecule has 0 radical (unpaired) electrons. The van der Waals surface area contributed by atoms with Crippen molar-refractivity contribution in [2.24, 2.45) is 5.41 Å². The monoisotopic (exact) mass is 580 g/mol. The molecule has 5 nitrogen and oxygen atoms in total. The van der Waals surface area contributed by atoms with Crippen molar-refractivity contribution in [2.75, 3.05) is 32.5 Å². The molecular weight excluding hydrogens is 549 g/mol. The molecule has 2 heterocycles. The van der Waals surface area contributed by atoms with Crippen LogP contribution in [-0.4, -0.2) is 53.5 Å². The quantitative estimate of drug-likeness (QED) is 0.175. The lowest BCUT2D eigenvalue weighted by Crippen LogP contribution is -2.41. The Morgan fingerprint density at radius 1 is 1.23 bits per heavy atom. The van der Waals surface area contributed by atoms with E-state index in [0.29, 0.717) is 60.3 Å². The summed E-state index contributed by atoms with van der Waals surface area (Å²) in [5.41, 5.74) is 0.458.